The van der Waals surface area contributed by atoms with E-state index in [9.17, 15) is 0 Å². The fourth-order valence-corrected chi connectivity index (χ4v) is 3.76. The number of guanidine groups is 1. The van der Waals surface area contributed by atoms with E-state index in [0.29, 0.717) is 12.5 Å². The van der Waals surface area contributed by atoms with Gasteiger partial charge in [0.1, 0.15) is 0 Å². The van der Waals surface area contributed by atoms with Crippen LogP contribution >= 0.6 is 35.3 Å². The Labute approximate surface area is 165 Å². The first-order valence-electron chi connectivity index (χ1n) is 8.01. The van der Waals surface area contributed by atoms with Crippen molar-refractivity contribution in [3.8, 4) is 0 Å². The molecule has 0 spiro atoms. The van der Waals surface area contributed by atoms with Gasteiger partial charge in [-0.05, 0) is 79.0 Å². The maximum absolute atomic E-state index is 6.08. The predicted molar refractivity (Wildman–Crippen MR) is 115 cm³/mol. The van der Waals surface area contributed by atoms with Gasteiger partial charge in [-0.3, -0.25) is 4.99 Å². The summed E-state index contributed by atoms with van der Waals surface area (Å²) in [6.45, 7) is 0.646. The first-order chi connectivity index (χ1) is 11.1. The van der Waals surface area contributed by atoms with Gasteiger partial charge in [0.2, 0.25) is 0 Å². The number of likely N-dealkylation sites (N-methyl/N-ethyl adjacent to an activating group) is 1. The van der Waals surface area contributed by atoms with Crippen molar-refractivity contribution in [1.82, 2.24) is 4.90 Å². The van der Waals surface area contributed by atoms with Crippen LogP contribution in [0.4, 0.5) is 5.69 Å². The lowest BCUT2D eigenvalue weighted by atomic mass is 10.1. The van der Waals surface area contributed by atoms with Crippen LogP contribution in [0.15, 0.2) is 40.0 Å². The zero-order valence-electron chi connectivity index (χ0n) is 14.2. The van der Waals surface area contributed by atoms with Crippen molar-refractivity contribution in [3.05, 3.63) is 51.7 Å². The SMILES string of the molecule is CN(C)C(CN=C(N)Nc1ccc2c(c1)CCC2)c1ccsc1.I. The zero-order chi connectivity index (χ0) is 16.2. The number of aliphatic imine (C=N–C) groups is 1. The third-order valence-electron chi connectivity index (χ3n) is 4.36. The van der Waals surface area contributed by atoms with E-state index >= 15 is 0 Å². The summed E-state index contributed by atoms with van der Waals surface area (Å²) >= 11 is 1.71. The molecule has 3 N–H and O–H groups in total. The molecule has 4 nitrogen and oxygen atoms in total. The van der Waals surface area contributed by atoms with E-state index < -0.39 is 0 Å². The lowest BCUT2D eigenvalue weighted by Crippen LogP contribution is -2.27. The molecular weight excluding hydrogens is 431 g/mol. The topological polar surface area (TPSA) is 53.6 Å². The van der Waals surface area contributed by atoms with Gasteiger partial charge >= 0.3 is 0 Å². The minimum absolute atomic E-state index is 0. The smallest absolute Gasteiger partial charge is 0.193 e. The molecule has 1 unspecified atom stereocenters. The summed E-state index contributed by atoms with van der Waals surface area (Å²) < 4.78 is 0. The molecule has 3 rings (SSSR count). The van der Waals surface area contributed by atoms with E-state index in [0.717, 1.165) is 5.69 Å². The number of hydrogen-bond acceptors (Lipinski definition) is 3. The monoisotopic (exact) mass is 456 g/mol. The Morgan fingerprint density at radius 1 is 1.29 bits per heavy atom. The van der Waals surface area contributed by atoms with Crippen LogP contribution < -0.4 is 11.1 Å². The average Bonchev–Trinajstić information content (AvgIpc) is 3.17. The summed E-state index contributed by atoms with van der Waals surface area (Å²) in [5, 5.41) is 7.49. The normalized spacial score (nSPS) is 15.0. The lowest BCUT2D eigenvalue weighted by Gasteiger charge is -2.22. The van der Waals surface area contributed by atoms with Crippen molar-refractivity contribution in [2.75, 3.05) is 26.0 Å². The number of thiophene rings is 1. The van der Waals surface area contributed by atoms with Gasteiger partial charge in [-0.1, -0.05) is 6.07 Å². The second-order valence-corrected chi connectivity index (χ2v) is 7.00. The van der Waals surface area contributed by atoms with E-state index in [4.69, 9.17) is 5.73 Å². The third-order valence-corrected chi connectivity index (χ3v) is 5.06. The van der Waals surface area contributed by atoms with Gasteiger partial charge in [0.25, 0.3) is 0 Å². The number of fused-ring (bicyclic) bond motifs is 1. The van der Waals surface area contributed by atoms with Gasteiger partial charge < -0.3 is 16.0 Å². The molecular formula is C18H25IN4S. The molecule has 0 amide bonds. The largest absolute Gasteiger partial charge is 0.370 e. The summed E-state index contributed by atoms with van der Waals surface area (Å²) in [6, 6.07) is 8.89. The number of benzene rings is 1. The van der Waals surface area contributed by atoms with Crippen LogP contribution in [-0.2, 0) is 12.8 Å². The molecule has 6 heteroatoms. The Morgan fingerprint density at radius 3 is 2.79 bits per heavy atom. The van der Waals surface area contributed by atoms with E-state index in [1.165, 1.54) is 36.0 Å². The highest BCUT2D eigenvalue weighted by molar-refractivity contribution is 14.0. The fourth-order valence-electron chi connectivity index (χ4n) is 3.05. The molecule has 1 aliphatic rings. The first-order valence-corrected chi connectivity index (χ1v) is 8.95. The van der Waals surface area contributed by atoms with Crippen molar-refractivity contribution in [2.45, 2.75) is 25.3 Å². The van der Waals surface area contributed by atoms with Crippen molar-refractivity contribution in [3.63, 3.8) is 0 Å². The van der Waals surface area contributed by atoms with Gasteiger partial charge in [-0.2, -0.15) is 11.3 Å². The van der Waals surface area contributed by atoms with Gasteiger partial charge in [-0.15, -0.1) is 24.0 Å². The van der Waals surface area contributed by atoms with E-state index in [1.807, 2.05) is 0 Å². The number of hydrogen-bond donors (Lipinski definition) is 2. The molecule has 0 bridgehead atoms. The second-order valence-electron chi connectivity index (χ2n) is 6.22. The molecule has 1 aromatic heterocycles. The van der Waals surface area contributed by atoms with Crippen LogP contribution in [0, 0.1) is 0 Å². The number of aryl methyl sites for hydroxylation is 2. The highest BCUT2D eigenvalue weighted by atomic mass is 127. The van der Waals surface area contributed by atoms with Crippen molar-refractivity contribution >= 4 is 47.0 Å². The number of rotatable bonds is 5. The highest BCUT2D eigenvalue weighted by Crippen LogP contribution is 2.25. The number of anilines is 1. The molecule has 1 atom stereocenters. The van der Waals surface area contributed by atoms with Crippen LogP contribution in [0.1, 0.15) is 29.2 Å². The highest BCUT2D eigenvalue weighted by Gasteiger charge is 2.14. The van der Waals surface area contributed by atoms with Crippen LogP contribution in [0.25, 0.3) is 0 Å². The van der Waals surface area contributed by atoms with Gasteiger partial charge in [-0.25, -0.2) is 0 Å². The summed E-state index contributed by atoms with van der Waals surface area (Å²) in [4.78, 5) is 6.71. The fraction of sp³-hybridized carbons (Fsp3) is 0.389. The molecule has 1 aromatic carbocycles. The van der Waals surface area contributed by atoms with Gasteiger partial charge in [0.15, 0.2) is 5.96 Å². The molecule has 2 aromatic rings. The molecule has 1 heterocycles. The molecule has 0 radical (unpaired) electrons. The number of nitrogens with zero attached hydrogens (tertiary/aromatic N) is 2. The van der Waals surface area contributed by atoms with Gasteiger partial charge in [0, 0.05) is 5.69 Å². The molecule has 0 fully saturated rings. The minimum atomic E-state index is 0. The van der Waals surface area contributed by atoms with E-state index in [1.54, 1.807) is 11.3 Å². The number of halogens is 1. The van der Waals surface area contributed by atoms with Crippen LogP contribution in [-0.4, -0.2) is 31.5 Å². The van der Waals surface area contributed by atoms with Crippen molar-refractivity contribution < 1.29 is 0 Å². The van der Waals surface area contributed by atoms with Gasteiger partial charge in [0.05, 0.1) is 12.6 Å². The number of nitrogens with one attached hydrogen (secondary N) is 1. The maximum Gasteiger partial charge on any atom is 0.193 e. The predicted octanol–water partition coefficient (Wildman–Crippen LogP) is 3.88. The summed E-state index contributed by atoms with van der Waals surface area (Å²) in [7, 11) is 4.14. The first kappa shape index (κ1) is 19.2. The standard InChI is InChI=1S/C18H24N4S.HI/c1-22(2)17(15-8-9-23-12-15)11-20-18(19)21-16-7-6-13-4-3-5-14(13)10-16;/h6-10,12,17H,3-5,11H2,1-2H3,(H3,19,20,21);1H. The molecule has 1 aliphatic carbocycles. The van der Waals surface area contributed by atoms with Crippen LogP contribution in [0.3, 0.4) is 0 Å². The molecule has 130 valence electrons. The third kappa shape index (κ3) is 4.70. The summed E-state index contributed by atoms with van der Waals surface area (Å²) in [5.41, 5.74) is 11.3. The van der Waals surface area contributed by atoms with E-state index in [2.05, 4.69) is 64.3 Å². The summed E-state index contributed by atoms with van der Waals surface area (Å²) in [5.74, 6) is 0.477. The molecule has 24 heavy (non-hydrogen) atoms. The average molecular weight is 456 g/mol. The Bertz CT molecular complexity index is 682. The Hall–Kier alpha value is -1.12. The maximum atomic E-state index is 6.08. The molecule has 0 saturated carbocycles. The van der Waals surface area contributed by atoms with Crippen molar-refractivity contribution in [2.24, 2.45) is 10.7 Å². The quantitative estimate of drug-likeness (QED) is 0.408. The Morgan fingerprint density at radius 2 is 2.08 bits per heavy atom. The number of nitrogens with two attached hydrogens (primary N) is 1. The second kappa shape index (κ2) is 8.82. The zero-order valence-corrected chi connectivity index (χ0v) is 17.3. The molecule has 0 aliphatic heterocycles. The lowest BCUT2D eigenvalue weighted by molar-refractivity contribution is 0.307. The van der Waals surface area contributed by atoms with Crippen LogP contribution in [0.5, 0.6) is 0 Å². The Balaban J connectivity index is 0.00000208. The van der Waals surface area contributed by atoms with Crippen LogP contribution in [0.2, 0.25) is 0 Å². The van der Waals surface area contributed by atoms with Crippen molar-refractivity contribution in [1.29, 1.82) is 0 Å². The molecule has 0 saturated heterocycles. The summed E-state index contributed by atoms with van der Waals surface area (Å²) in [6.07, 6.45) is 3.63. The minimum Gasteiger partial charge on any atom is -0.370 e. The van der Waals surface area contributed by atoms with E-state index in [-0.39, 0.29) is 30.0 Å². The Kier molecular flexibility index (Phi) is 7.06.